The quantitative estimate of drug-likeness (QED) is 0.375. The Bertz CT molecular complexity index is 310. The van der Waals surface area contributed by atoms with Crippen LogP contribution in [0.4, 0.5) is 0 Å². The SMILES string of the molecule is CC#COS(=O)(=O)CCC(=O)O.[NaH]. The Morgan fingerprint density at radius 2 is 2.08 bits per heavy atom. The van der Waals surface area contributed by atoms with Crippen LogP contribution in [0.2, 0.25) is 0 Å². The van der Waals surface area contributed by atoms with E-state index in [9.17, 15) is 13.2 Å². The van der Waals surface area contributed by atoms with Gasteiger partial charge in [0.25, 0.3) is 0 Å². The molecular weight excluding hydrogens is 207 g/mol. The van der Waals surface area contributed by atoms with Crippen LogP contribution in [-0.2, 0) is 19.1 Å². The van der Waals surface area contributed by atoms with Gasteiger partial charge in [-0.15, -0.1) is 0 Å². The number of hydrogen-bond donors (Lipinski definition) is 1. The first kappa shape index (κ1) is 15.3. The summed E-state index contributed by atoms with van der Waals surface area (Å²) in [7, 11) is -3.79. The molecule has 0 bridgehead atoms. The maximum absolute atomic E-state index is 10.7. The predicted octanol–water partition coefficient (Wildman–Crippen LogP) is -0.860. The molecule has 0 fully saturated rings. The van der Waals surface area contributed by atoms with Gasteiger partial charge in [-0.25, -0.2) is 0 Å². The van der Waals surface area contributed by atoms with Crippen LogP contribution >= 0.6 is 0 Å². The summed E-state index contributed by atoms with van der Waals surface area (Å²) in [4.78, 5) is 9.96. The van der Waals surface area contributed by atoms with Gasteiger partial charge < -0.3 is 9.29 Å². The Morgan fingerprint density at radius 3 is 2.46 bits per heavy atom. The second-order valence-corrected chi connectivity index (χ2v) is 3.53. The van der Waals surface area contributed by atoms with Crippen molar-refractivity contribution < 1.29 is 22.5 Å². The zero-order valence-electron chi connectivity index (χ0n) is 6.40. The van der Waals surface area contributed by atoms with Gasteiger partial charge >= 0.3 is 45.6 Å². The van der Waals surface area contributed by atoms with E-state index >= 15 is 0 Å². The molecule has 0 spiro atoms. The van der Waals surface area contributed by atoms with Gasteiger partial charge in [-0.3, -0.25) is 4.79 Å². The number of carboxylic acid groups (broad SMARTS) is 1. The van der Waals surface area contributed by atoms with E-state index in [-0.39, 0.29) is 29.6 Å². The van der Waals surface area contributed by atoms with Crippen LogP contribution in [0.5, 0.6) is 0 Å². The van der Waals surface area contributed by atoms with Crippen LogP contribution in [0.15, 0.2) is 0 Å². The molecular formula is C6H9NaO5S. The fourth-order valence-electron chi connectivity index (χ4n) is 0.359. The molecule has 13 heavy (non-hydrogen) atoms. The van der Waals surface area contributed by atoms with Crippen molar-refractivity contribution >= 4 is 45.6 Å². The van der Waals surface area contributed by atoms with Gasteiger partial charge in [-0.2, -0.15) is 8.42 Å². The van der Waals surface area contributed by atoms with Gasteiger partial charge in [-0.05, 0) is 0 Å². The van der Waals surface area contributed by atoms with Gasteiger partial charge in [0.2, 0.25) is 0 Å². The summed E-state index contributed by atoms with van der Waals surface area (Å²) in [5, 5.41) is 8.15. The van der Waals surface area contributed by atoms with Gasteiger partial charge in [0, 0.05) is 6.92 Å². The van der Waals surface area contributed by atoms with Crippen molar-refractivity contribution in [2.75, 3.05) is 5.75 Å². The molecule has 0 saturated carbocycles. The molecule has 1 N–H and O–H groups in total. The summed E-state index contributed by atoms with van der Waals surface area (Å²) in [6.07, 6.45) is 1.40. The monoisotopic (exact) mass is 216 g/mol. The second-order valence-electron chi connectivity index (χ2n) is 1.84. The van der Waals surface area contributed by atoms with Gasteiger partial charge in [0.1, 0.15) is 6.11 Å². The third-order valence-corrected chi connectivity index (χ3v) is 1.88. The van der Waals surface area contributed by atoms with E-state index in [1.54, 1.807) is 0 Å². The fraction of sp³-hybridized carbons (Fsp3) is 0.500. The molecule has 5 nitrogen and oxygen atoms in total. The minimum absolute atomic E-state index is 0. The molecule has 0 aliphatic heterocycles. The molecule has 0 amide bonds. The molecule has 0 rings (SSSR count). The van der Waals surface area contributed by atoms with Crippen LogP contribution < -0.4 is 0 Å². The van der Waals surface area contributed by atoms with E-state index < -0.39 is 28.3 Å². The Kier molecular flexibility index (Phi) is 8.46. The summed E-state index contributed by atoms with van der Waals surface area (Å²) >= 11 is 0. The molecule has 0 saturated heterocycles. The standard InChI is InChI=1S/C6H8O5S.Na.H/c1-2-4-11-12(9,10)5-3-6(7)8;;/h3,5H2,1H3,(H,7,8);;. The van der Waals surface area contributed by atoms with Crippen molar-refractivity contribution in [2.45, 2.75) is 13.3 Å². The van der Waals surface area contributed by atoms with E-state index in [4.69, 9.17) is 5.11 Å². The number of hydrogen-bond acceptors (Lipinski definition) is 4. The van der Waals surface area contributed by atoms with Crippen LogP contribution in [-0.4, -0.2) is 54.8 Å². The average Bonchev–Trinajstić information content (AvgIpc) is 1.98. The van der Waals surface area contributed by atoms with Crippen molar-refractivity contribution in [3.8, 4) is 12.0 Å². The third-order valence-electron chi connectivity index (χ3n) is 0.837. The Hall–Kier alpha value is -0.220. The zero-order valence-corrected chi connectivity index (χ0v) is 7.22. The third kappa shape index (κ3) is 9.70. The summed E-state index contributed by atoms with van der Waals surface area (Å²) in [5.74, 6) is 0.466. The molecule has 7 heteroatoms. The second kappa shape index (κ2) is 7.21. The van der Waals surface area contributed by atoms with Crippen molar-refractivity contribution in [1.82, 2.24) is 0 Å². The molecule has 0 atom stereocenters. The van der Waals surface area contributed by atoms with Crippen LogP contribution in [0.25, 0.3) is 0 Å². The topological polar surface area (TPSA) is 80.7 Å². The van der Waals surface area contributed by atoms with Gasteiger partial charge in [0.15, 0.2) is 0 Å². The van der Waals surface area contributed by atoms with Crippen LogP contribution in [0.1, 0.15) is 13.3 Å². The summed E-state index contributed by atoms with van der Waals surface area (Å²) in [5.41, 5.74) is 0. The van der Waals surface area contributed by atoms with Gasteiger partial charge in [-0.1, -0.05) is 5.92 Å². The molecule has 70 valence electrons. The molecule has 0 aliphatic rings. The summed E-state index contributed by atoms with van der Waals surface area (Å²) in [6, 6.07) is 0. The van der Waals surface area contributed by atoms with Crippen molar-refractivity contribution in [1.29, 1.82) is 0 Å². The van der Waals surface area contributed by atoms with E-state index in [0.29, 0.717) is 0 Å². The fourth-order valence-corrected chi connectivity index (χ4v) is 1.08. The van der Waals surface area contributed by atoms with E-state index in [2.05, 4.69) is 10.1 Å². The number of carbonyl (C=O) groups is 1. The number of rotatable bonds is 4. The Morgan fingerprint density at radius 1 is 1.54 bits per heavy atom. The van der Waals surface area contributed by atoms with Gasteiger partial charge in [0.05, 0.1) is 12.2 Å². The maximum atomic E-state index is 10.7. The van der Waals surface area contributed by atoms with Crippen LogP contribution in [0.3, 0.4) is 0 Å². The molecule has 0 heterocycles. The minimum atomic E-state index is -3.79. The first-order valence-electron chi connectivity index (χ1n) is 3.02. The first-order valence-corrected chi connectivity index (χ1v) is 4.60. The van der Waals surface area contributed by atoms with Crippen molar-refractivity contribution in [2.24, 2.45) is 0 Å². The van der Waals surface area contributed by atoms with E-state index in [1.807, 2.05) is 6.11 Å². The molecule has 0 aliphatic carbocycles. The molecule has 0 aromatic carbocycles. The van der Waals surface area contributed by atoms with Crippen molar-refractivity contribution in [3.63, 3.8) is 0 Å². The van der Waals surface area contributed by atoms with Crippen molar-refractivity contribution in [3.05, 3.63) is 0 Å². The average molecular weight is 216 g/mol. The molecule has 0 unspecified atom stereocenters. The van der Waals surface area contributed by atoms with E-state index in [0.717, 1.165) is 0 Å². The zero-order chi connectivity index (χ0) is 9.61. The number of carboxylic acids is 1. The Balaban J connectivity index is 0. The number of aliphatic carboxylic acids is 1. The summed E-state index contributed by atoms with van der Waals surface area (Å²) in [6.45, 7) is 1.41. The molecule has 0 radical (unpaired) electrons. The molecule has 0 aromatic heterocycles. The first-order chi connectivity index (χ1) is 5.48. The molecule has 0 aromatic rings. The normalized spacial score (nSPS) is 9.00. The summed E-state index contributed by atoms with van der Waals surface area (Å²) < 4.78 is 25.5. The predicted molar refractivity (Wildman–Crippen MR) is 47.7 cm³/mol. The van der Waals surface area contributed by atoms with Crippen LogP contribution in [0, 0.1) is 12.0 Å². The Labute approximate surface area is 98.9 Å². The van der Waals surface area contributed by atoms with E-state index in [1.165, 1.54) is 6.92 Å².